The molecular weight excluding hydrogens is 366 g/mol. The summed E-state index contributed by atoms with van der Waals surface area (Å²) in [6.07, 6.45) is 4.17. The van der Waals surface area contributed by atoms with E-state index < -0.39 is 10.0 Å². The number of aryl methyl sites for hydroxylation is 1. The fourth-order valence-corrected chi connectivity index (χ4v) is 5.26. The molecule has 0 bridgehead atoms. The van der Waals surface area contributed by atoms with Crippen LogP contribution in [0.25, 0.3) is 0 Å². The molecule has 2 aliphatic rings. The van der Waals surface area contributed by atoms with Crippen molar-refractivity contribution in [1.29, 1.82) is 0 Å². The summed E-state index contributed by atoms with van der Waals surface area (Å²) in [4.78, 5) is 12.6. The summed E-state index contributed by atoms with van der Waals surface area (Å²) in [5.41, 5.74) is 2.05. The lowest BCUT2D eigenvalue weighted by Gasteiger charge is -2.18. The van der Waals surface area contributed by atoms with Crippen LogP contribution in [0.4, 0.5) is 5.69 Å². The first-order chi connectivity index (χ1) is 13.0. The predicted octanol–water partition coefficient (Wildman–Crippen LogP) is 1.69. The molecule has 4 rings (SSSR count). The third-order valence-electron chi connectivity index (χ3n) is 5.16. The van der Waals surface area contributed by atoms with Crippen LogP contribution in [-0.2, 0) is 28.2 Å². The number of anilines is 1. The zero-order chi connectivity index (χ0) is 19.0. The second-order valence-corrected chi connectivity index (χ2v) is 8.84. The van der Waals surface area contributed by atoms with Gasteiger partial charge in [0.15, 0.2) is 0 Å². The summed E-state index contributed by atoms with van der Waals surface area (Å²) < 4.78 is 34.7. The topological polar surface area (TPSA) is 80.6 Å². The standard InChI is InChI=1S/C19H23N3O4S/c1-21-13-16(11-18(21)19(23)20-12-15-6-4-10-26-15)27(24,25)22-9-8-14-5-2-3-7-17(14)22/h2-3,5,7,11,13,15H,4,6,8-10,12H2,1H3,(H,20,23). The molecule has 1 unspecified atom stereocenters. The lowest BCUT2D eigenvalue weighted by molar-refractivity contribution is 0.0851. The number of amides is 1. The Labute approximate surface area is 159 Å². The number of carbonyl (C=O) groups excluding carboxylic acids is 1. The molecular formula is C19H23N3O4S. The molecule has 144 valence electrons. The van der Waals surface area contributed by atoms with Gasteiger partial charge in [-0.2, -0.15) is 0 Å². The van der Waals surface area contributed by atoms with Crippen molar-refractivity contribution in [1.82, 2.24) is 9.88 Å². The summed E-state index contributed by atoms with van der Waals surface area (Å²) in [7, 11) is -2.03. The number of nitrogens with zero attached hydrogens (tertiary/aromatic N) is 2. The molecule has 0 spiro atoms. The molecule has 27 heavy (non-hydrogen) atoms. The summed E-state index contributed by atoms with van der Waals surface area (Å²) in [5.74, 6) is -0.295. The lowest BCUT2D eigenvalue weighted by atomic mass is 10.2. The maximum atomic E-state index is 13.1. The number of para-hydroxylation sites is 1. The fraction of sp³-hybridized carbons (Fsp3) is 0.421. The summed E-state index contributed by atoms with van der Waals surface area (Å²) in [5, 5.41) is 2.84. The molecule has 1 aromatic heterocycles. The molecule has 1 aromatic carbocycles. The van der Waals surface area contributed by atoms with E-state index in [4.69, 9.17) is 4.74 Å². The molecule has 1 amide bonds. The molecule has 0 saturated carbocycles. The van der Waals surface area contributed by atoms with E-state index in [0.717, 1.165) is 25.0 Å². The Morgan fingerprint density at radius 3 is 2.93 bits per heavy atom. The van der Waals surface area contributed by atoms with Gasteiger partial charge in [-0.15, -0.1) is 0 Å². The van der Waals surface area contributed by atoms with E-state index in [9.17, 15) is 13.2 Å². The van der Waals surface area contributed by atoms with Crippen LogP contribution in [0.5, 0.6) is 0 Å². The van der Waals surface area contributed by atoms with Gasteiger partial charge in [0, 0.05) is 32.9 Å². The molecule has 1 atom stereocenters. The van der Waals surface area contributed by atoms with Crippen molar-refractivity contribution in [2.24, 2.45) is 7.05 Å². The molecule has 1 fully saturated rings. The van der Waals surface area contributed by atoms with Crippen LogP contribution in [0.15, 0.2) is 41.4 Å². The number of fused-ring (bicyclic) bond motifs is 1. The predicted molar refractivity (Wildman–Crippen MR) is 101 cm³/mol. The van der Waals surface area contributed by atoms with Crippen LogP contribution in [0.1, 0.15) is 28.9 Å². The van der Waals surface area contributed by atoms with Crippen LogP contribution in [0, 0.1) is 0 Å². The third-order valence-corrected chi connectivity index (χ3v) is 6.94. The van der Waals surface area contributed by atoms with Crippen LogP contribution in [-0.4, -0.2) is 44.7 Å². The normalized spacial score (nSPS) is 19.3. The first-order valence-corrected chi connectivity index (χ1v) is 10.6. The summed E-state index contributed by atoms with van der Waals surface area (Å²) >= 11 is 0. The van der Waals surface area contributed by atoms with Crippen LogP contribution >= 0.6 is 0 Å². The molecule has 0 aliphatic carbocycles. The Balaban J connectivity index is 1.54. The molecule has 1 N–H and O–H groups in total. The average Bonchev–Trinajstić information content (AvgIpc) is 3.39. The van der Waals surface area contributed by atoms with Gasteiger partial charge in [-0.25, -0.2) is 8.42 Å². The van der Waals surface area contributed by atoms with Crippen LogP contribution in [0.2, 0.25) is 0 Å². The van der Waals surface area contributed by atoms with Crippen molar-refractivity contribution >= 4 is 21.6 Å². The number of sulfonamides is 1. The van der Waals surface area contributed by atoms with E-state index in [-0.39, 0.29) is 16.9 Å². The number of hydrogen-bond acceptors (Lipinski definition) is 4. The zero-order valence-electron chi connectivity index (χ0n) is 15.2. The SMILES string of the molecule is Cn1cc(S(=O)(=O)N2CCc3ccccc32)cc1C(=O)NCC1CCCO1. The maximum Gasteiger partial charge on any atom is 0.268 e. The Hall–Kier alpha value is -2.32. The maximum absolute atomic E-state index is 13.1. The van der Waals surface area contributed by atoms with Gasteiger partial charge in [-0.3, -0.25) is 9.10 Å². The van der Waals surface area contributed by atoms with Crippen molar-refractivity contribution in [3.63, 3.8) is 0 Å². The molecule has 2 aliphatic heterocycles. The average molecular weight is 389 g/mol. The molecule has 7 nitrogen and oxygen atoms in total. The van der Waals surface area contributed by atoms with Gasteiger partial charge in [0.25, 0.3) is 15.9 Å². The van der Waals surface area contributed by atoms with Crippen LogP contribution < -0.4 is 9.62 Å². The van der Waals surface area contributed by atoms with Crippen molar-refractivity contribution in [3.05, 3.63) is 47.8 Å². The van der Waals surface area contributed by atoms with E-state index in [2.05, 4.69) is 5.32 Å². The van der Waals surface area contributed by atoms with Gasteiger partial charge in [0.1, 0.15) is 10.6 Å². The van der Waals surface area contributed by atoms with E-state index >= 15 is 0 Å². The molecule has 8 heteroatoms. The Kier molecular flexibility index (Phi) is 4.69. The van der Waals surface area contributed by atoms with Gasteiger partial charge in [-0.1, -0.05) is 18.2 Å². The van der Waals surface area contributed by atoms with Gasteiger partial charge >= 0.3 is 0 Å². The Morgan fingerprint density at radius 1 is 1.33 bits per heavy atom. The molecule has 2 aromatic rings. The quantitative estimate of drug-likeness (QED) is 0.844. The number of rotatable bonds is 5. The first kappa shape index (κ1) is 18.1. The molecule has 3 heterocycles. The second-order valence-electron chi connectivity index (χ2n) is 6.97. The fourth-order valence-electron chi connectivity index (χ4n) is 3.69. The van der Waals surface area contributed by atoms with Crippen molar-refractivity contribution in [2.75, 3.05) is 24.0 Å². The summed E-state index contributed by atoms with van der Waals surface area (Å²) in [6.45, 7) is 1.58. The Morgan fingerprint density at radius 2 is 2.15 bits per heavy atom. The number of aromatic nitrogens is 1. The van der Waals surface area contributed by atoms with Gasteiger partial charge in [-0.05, 0) is 37.0 Å². The van der Waals surface area contributed by atoms with E-state index in [1.165, 1.54) is 16.6 Å². The highest BCUT2D eigenvalue weighted by molar-refractivity contribution is 7.92. The second kappa shape index (κ2) is 7.01. The van der Waals surface area contributed by atoms with Gasteiger partial charge in [0.2, 0.25) is 0 Å². The minimum absolute atomic E-state index is 0.0403. The van der Waals surface area contributed by atoms with Crippen molar-refractivity contribution in [3.8, 4) is 0 Å². The monoisotopic (exact) mass is 389 g/mol. The van der Waals surface area contributed by atoms with Crippen molar-refractivity contribution < 1.29 is 17.9 Å². The zero-order valence-corrected chi connectivity index (χ0v) is 16.0. The van der Waals surface area contributed by atoms with E-state index in [0.29, 0.717) is 30.9 Å². The number of nitrogens with one attached hydrogen (secondary N) is 1. The highest BCUT2D eigenvalue weighted by atomic mass is 32.2. The lowest BCUT2D eigenvalue weighted by Crippen LogP contribution is -2.32. The van der Waals surface area contributed by atoms with Gasteiger partial charge in [0.05, 0.1) is 11.8 Å². The largest absolute Gasteiger partial charge is 0.376 e. The Bertz CT molecular complexity index is 961. The van der Waals surface area contributed by atoms with Crippen molar-refractivity contribution in [2.45, 2.75) is 30.3 Å². The smallest absolute Gasteiger partial charge is 0.268 e. The van der Waals surface area contributed by atoms with E-state index in [1.54, 1.807) is 11.6 Å². The third kappa shape index (κ3) is 3.35. The first-order valence-electron chi connectivity index (χ1n) is 9.13. The molecule has 0 radical (unpaired) electrons. The minimum Gasteiger partial charge on any atom is -0.376 e. The summed E-state index contributed by atoms with van der Waals surface area (Å²) in [6, 6.07) is 8.95. The highest BCUT2D eigenvalue weighted by Gasteiger charge is 2.32. The minimum atomic E-state index is -3.71. The van der Waals surface area contributed by atoms with Gasteiger partial charge < -0.3 is 14.6 Å². The number of ether oxygens (including phenoxy) is 1. The van der Waals surface area contributed by atoms with Crippen LogP contribution in [0.3, 0.4) is 0 Å². The van der Waals surface area contributed by atoms with E-state index in [1.807, 2.05) is 24.3 Å². The number of benzene rings is 1. The molecule has 1 saturated heterocycles. The number of hydrogen-bond donors (Lipinski definition) is 1. The highest BCUT2D eigenvalue weighted by Crippen LogP contribution is 2.33. The number of carbonyl (C=O) groups is 1.